The third kappa shape index (κ3) is 1.86. The molecule has 22 heavy (non-hydrogen) atoms. The Morgan fingerprint density at radius 2 is 1.86 bits per heavy atom. The molecule has 2 saturated carbocycles. The van der Waals surface area contributed by atoms with Crippen LogP contribution in [0.2, 0.25) is 5.02 Å². The van der Waals surface area contributed by atoms with Crippen molar-refractivity contribution in [1.82, 2.24) is 9.55 Å². The number of fused-ring (bicyclic) bond motifs is 1. The summed E-state index contributed by atoms with van der Waals surface area (Å²) in [5, 5.41) is 10.5. The van der Waals surface area contributed by atoms with Crippen molar-refractivity contribution in [3.63, 3.8) is 0 Å². The predicted molar refractivity (Wildman–Crippen MR) is 95.2 cm³/mol. The van der Waals surface area contributed by atoms with Gasteiger partial charge in [0.1, 0.15) is 11.3 Å². The van der Waals surface area contributed by atoms with Crippen LogP contribution >= 0.6 is 34.2 Å². The molecule has 2 aromatic rings. The van der Waals surface area contributed by atoms with Crippen molar-refractivity contribution >= 4 is 45.1 Å². The summed E-state index contributed by atoms with van der Waals surface area (Å²) in [7, 11) is 0. The van der Waals surface area contributed by atoms with Gasteiger partial charge in [-0.2, -0.15) is 0 Å². The van der Waals surface area contributed by atoms with Gasteiger partial charge in [0.15, 0.2) is 0 Å². The first-order chi connectivity index (χ1) is 10.6. The van der Waals surface area contributed by atoms with E-state index in [1.807, 2.05) is 12.1 Å². The zero-order valence-corrected chi connectivity index (χ0v) is 15.1. The third-order valence-corrected chi connectivity index (χ3v) is 6.91. The summed E-state index contributed by atoms with van der Waals surface area (Å²) >= 11 is 8.51. The molecule has 4 bridgehead atoms. The molecule has 1 aromatic carbocycles. The third-order valence-electron chi connectivity index (χ3n) is 5.84. The van der Waals surface area contributed by atoms with E-state index in [0.29, 0.717) is 22.5 Å². The van der Waals surface area contributed by atoms with Crippen LogP contribution in [0.25, 0.3) is 10.9 Å². The lowest BCUT2D eigenvalue weighted by Crippen LogP contribution is -2.31. The fraction of sp³-hybridized carbons (Fsp3) is 0.529. The first-order valence-electron chi connectivity index (χ1n) is 8.06. The highest BCUT2D eigenvalue weighted by molar-refractivity contribution is 14.1. The van der Waals surface area contributed by atoms with Crippen molar-refractivity contribution in [2.24, 2.45) is 11.8 Å². The maximum atomic E-state index is 8.83. The first kappa shape index (κ1) is 13.8. The minimum absolute atomic E-state index is 0.488. The second-order valence-electron chi connectivity index (χ2n) is 7.23. The predicted octanol–water partition coefficient (Wildman–Crippen LogP) is 4.62. The topological polar surface area (TPSA) is 41.7 Å². The van der Waals surface area contributed by atoms with Gasteiger partial charge in [0, 0.05) is 20.6 Å². The number of hydrogen-bond acceptors (Lipinski definition) is 2. The summed E-state index contributed by atoms with van der Waals surface area (Å²) in [6.45, 7) is 0. The number of nitrogens with one attached hydrogen (secondary N) is 1. The second kappa shape index (κ2) is 4.69. The molecule has 2 unspecified atom stereocenters. The minimum atomic E-state index is 0.488. The molecular formula is C17H17ClIN3. The number of halogens is 2. The van der Waals surface area contributed by atoms with Crippen LogP contribution in [0.3, 0.4) is 0 Å². The van der Waals surface area contributed by atoms with E-state index in [1.165, 1.54) is 32.1 Å². The molecule has 6 rings (SSSR count). The van der Waals surface area contributed by atoms with Gasteiger partial charge in [0.2, 0.25) is 0 Å². The molecule has 1 N–H and O–H groups in total. The molecule has 3 nitrogen and oxygen atoms in total. The summed E-state index contributed by atoms with van der Waals surface area (Å²) in [6.07, 6.45) is 6.42. The Kier molecular flexibility index (Phi) is 2.94. The molecule has 3 heterocycles. The van der Waals surface area contributed by atoms with E-state index in [0.717, 1.165) is 32.1 Å². The molecule has 0 amide bonds. The highest BCUT2D eigenvalue weighted by Crippen LogP contribution is 2.52. The monoisotopic (exact) mass is 425 g/mol. The van der Waals surface area contributed by atoms with E-state index in [-0.39, 0.29) is 0 Å². The van der Waals surface area contributed by atoms with Crippen LogP contribution in [0.4, 0.5) is 0 Å². The maximum absolute atomic E-state index is 8.83. The number of nitrogens with zero attached hydrogens (tertiary/aromatic N) is 2. The van der Waals surface area contributed by atoms with Gasteiger partial charge < -0.3 is 4.57 Å². The van der Waals surface area contributed by atoms with Crippen LogP contribution in [0.1, 0.15) is 49.9 Å². The average Bonchev–Trinajstić information content (AvgIpc) is 2.60. The van der Waals surface area contributed by atoms with Gasteiger partial charge in [-0.1, -0.05) is 11.6 Å². The van der Waals surface area contributed by atoms with Crippen LogP contribution in [0, 0.1) is 20.8 Å². The summed E-state index contributed by atoms with van der Waals surface area (Å²) < 4.78 is 3.32. The van der Waals surface area contributed by atoms with E-state index in [4.69, 9.17) is 22.0 Å². The van der Waals surface area contributed by atoms with Crippen LogP contribution in [-0.4, -0.2) is 9.55 Å². The zero-order chi connectivity index (χ0) is 15.0. The Labute approximate surface area is 147 Å². The van der Waals surface area contributed by atoms with Gasteiger partial charge >= 0.3 is 0 Å². The quantitative estimate of drug-likeness (QED) is 0.615. The molecule has 114 valence electrons. The molecule has 2 aliphatic carbocycles. The smallest absolute Gasteiger partial charge is 0.137 e. The lowest BCUT2D eigenvalue weighted by atomic mass is 9.68. The fourth-order valence-corrected chi connectivity index (χ4v) is 6.45. The SMILES string of the molecule is N=c1c2c(I)cc(Cl)cc2nc2n1C1CC3CC(CC2C3)C1. The molecule has 2 aliphatic heterocycles. The lowest BCUT2D eigenvalue weighted by molar-refractivity contribution is 0.150. The lowest BCUT2D eigenvalue weighted by Gasteiger charge is -2.37. The van der Waals surface area contributed by atoms with Crippen LogP contribution in [-0.2, 0) is 0 Å². The molecule has 2 fully saturated rings. The standard InChI is InChI=1S/C17H17ClIN3/c18-11-6-13(19)15-14(7-11)21-17-10-2-8-1-9(3-10)5-12(4-8)22(17)16(15)20/h6-10,12,20H,1-5H2. The summed E-state index contributed by atoms with van der Waals surface area (Å²) in [5.74, 6) is 3.38. The highest BCUT2D eigenvalue weighted by atomic mass is 127. The first-order valence-corrected chi connectivity index (χ1v) is 9.51. The van der Waals surface area contributed by atoms with Crippen molar-refractivity contribution < 1.29 is 0 Å². The molecule has 1 aromatic heterocycles. The van der Waals surface area contributed by atoms with Crippen molar-refractivity contribution in [3.8, 4) is 0 Å². The summed E-state index contributed by atoms with van der Waals surface area (Å²) in [4.78, 5) is 5.01. The van der Waals surface area contributed by atoms with Gasteiger partial charge in [-0.25, -0.2) is 4.98 Å². The number of rotatable bonds is 0. The Morgan fingerprint density at radius 3 is 2.59 bits per heavy atom. The van der Waals surface area contributed by atoms with E-state index in [1.54, 1.807) is 0 Å². The van der Waals surface area contributed by atoms with E-state index >= 15 is 0 Å². The van der Waals surface area contributed by atoms with Crippen LogP contribution in [0.5, 0.6) is 0 Å². The molecule has 5 heteroatoms. The Morgan fingerprint density at radius 1 is 1.14 bits per heavy atom. The van der Waals surface area contributed by atoms with Gasteiger partial charge in [0.05, 0.1) is 10.9 Å². The van der Waals surface area contributed by atoms with E-state index in [9.17, 15) is 0 Å². The zero-order valence-electron chi connectivity index (χ0n) is 12.1. The number of benzene rings is 1. The largest absolute Gasteiger partial charge is 0.311 e. The summed E-state index contributed by atoms with van der Waals surface area (Å²) in [5.41, 5.74) is 1.55. The number of hydrogen-bond donors (Lipinski definition) is 1. The van der Waals surface area contributed by atoms with Crippen LogP contribution < -0.4 is 5.49 Å². The van der Waals surface area contributed by atoms with E-state index < -0.39 is 0 Å². The van der Waals surface area contributed by atoms with Gasteiger partial charge in [-0.3, -0.25) is 5.41 Å². The Balaban J connectivity index is 1.87. The van der Waals surface area contributed by atoms with Crippen LogP contribution in [0.15, 0.2) is 12.1 Å². The molecule has 4 aliphatic rings. The summed E-state index contributed by atoms with van der Waals surface area (Å²) in [6, 6.07) is 4.35. The van der Waals surface area contributed by atoms with Crippen molar-refractivity contribution in [2.45, 2.75) is 44.1 Å². The van der Waals surface area contributed by atoms with Crippen molar-refractivity contribution in [2.75, 3.05) is 0 Å². The fourth-order valence-electron chi connectivity index (χ4n) is 5.19. The van der Waals surface area contributed by atoms with Gasteiger partial charge in [-0.15, -0.1) is 0 Å². The maximum Gasteiger partial charge on any atom is 0.137 e. The molecule has 0 radical (unpaired) electrons. The molecular weight excluding hydrogens is 409 g/mol. The molecule has 2 atom stereocenters. The number of aromatic nitrogens is 2. The highest BCUT2D eigenvalue weighted by Gasteiger charge is 2.43. The van der Waals surface area contributed by atoms with Gasteiger partial charge in [-0.05, 0) is 78.7 Å². The van der Waals surface area contributed by atoms with Crippen molar-refractivity contribution in [3.05, 3.63) is 32.0 Å². The van der Waals surface area contributed by atoms with Crippen molar-refractivity contribution in [1.29, 1.82) is 5.41 Å². The minimum Gasteiger partial charge on any atom is -0.311 e. The van der Waals surface area contributed by atoms with Gasteiger partial charge in [0.25, 0.3) is 0 Å². The van der Waals surface area contributed by atoms with E-state index in [2.05, 4.69) is 27.2 Å². The second-order valence-corrected chi connectivity index (χ2v) is 8.83. The average molecular weight is 426 g/mol. The molecule has 0 spiro atoms. The Bertz CT molecular complexity index is 845. The normalized spacial score (nSPS) is 32.3. The Hall–Kier alpha value is -0.620. The molecule has 0 saturated heterocycles.